The van der Waals surface area contributed by atoms with Crippen LogP contribution in [-0.4, -0.2) is 46.4 Å². The Morgan fingerprint density at radius 2 is 1.31 bits per heavy atom. The van der Waals surface area contributed by atoms with Crippen molar-refractivity contribution in [2.75, 3.05) is 61.6 Å². The van der Waals surface area contributed by atoms with E-state index < -0.39 is 0 Å². The Bertz CT molecular complexity index is 1390. The number of anilines is 3. The maximum Gasteiger partial charge on any atom is 0.0635 e. The van der Waals surface area contributed by atoms with Gasteiger partial charge in [0.2, 0.25) is 0 Å². The summed E-state index contributed by atoms with van der Waals surface area (Å²) in [5.41, 5.74) is 9.34. The summed E-state index contributed by atoms with van der Waals surface area (Å²) in [4.78, 5) is 4.88. The van der Waals surface area contributed by atoms with Crippen LogP contribution in [0.2, 0.25) is 0 Å². The predicted octanol–water partition coefficient (Wildman–Crippen LogP) is 9.11. The van der Waals surface area contributed by atoms with Gasteiger partial charge in [0.15, 0.2) is 0 Å². The van der Waals surface area contributed by atoms with E-state index in [0.717, 1.165) is 44.8 Å². The van der Waals surface area contributed by atoms with Gasteiger partial charge < -0.3 is 19.9 Å². The third-order valence-electron chi connectivity index (χ3n) is 8.61. The Labute approximate surface area is 254 Å². The Morgan fingerprint density at radius 1 is 0.690 bits per heavy atom. The van der Waals surface area contributed by atoms with Crippen molar-refractivity contribution in [1.82, 2.24) is 0 Å². The first-order chi connectivity index (χ1) is 20.6. The number of hydrogen-bond acceptors (Lipinski definition) is 4. The highest BCUT2D eigenvalue weighted by Crippen LogP contribution is 2.41. The molecule has 1 atom stereocenters. The monoisotopic (exact) mass is 565 g/mol. The van der Waals surface area contributed by atoms with Crippen LogP contribution in [0.5, 0.6) is 0 Å². The molecule has 0 aliphatic carbocycles. The van der Waals surface area contributed by atoms with E-state index in [0.29, 0.717) is 6.61 Å². The maximum absolute atomic E-state index is 5.31. The molecule has 0 radical (unpaired) electrons. The van der Waals surface area contributed by atoms with Gasteiger partial charge in [-0.15, -0.1) is 0 Å². The molecule has 4 heteroatoms. The van der Waals surface area contributed by atoms with Crippen molar-refractivity contribution in [2.45, 2.75) is 59.8 Å². The SMILES string of the molecule is CCCCc1cc(N(CC)CC)ccc1C(c1ccc(N(CC)CC)cc1)c1ccc(NCCOC)c2ccccc12. The summed E-state index contributed by atoms with van der Waals surface area (Å²) < 4.78 is 5.31. The Balaban J connectivity index is 1.93. The van der Waals surface area contributed by atoms with E-state index in [1.807, 2.05) is 0 Å². The largest absolute Gasteiger partial charge is 0.383 e. The van der Waals surface area contributed by atoms with E-state index in [4.69, 9.17) is 4.74 Å². The van der Waals surface area contributed by atoms with Gasteiger partial charge in [0, 0.05) is 68.2 Å². The van der Waals surface area contributed by atoms with Gasteiger partial charge >= 0.3 is 0 Å². The molecule has 0 heterocycles. The number of unbranched alkanes of at least 4 members (excludes halogenated alkanes) is 1. The molecule has 0 saturated heterocycles. The lowest BCUT2D eigenvalue weighted by molar-refractivity contribution is 0.211. The molecule has 0 spiro atoms. The van der Waals surface area contributed by atoms with Crippen molar-refractivity contribution in [3.8, 4) is 0 Å². The molecule has 4 nitrogen and oxygen atoms in total. The van der Waals surface area contributed by atoms with E-state index in [1.165, 1.54) is 57.2 Å². The van der Waals surface area contributed by atoms with Crippen LogP contribution >= 0.6 is 0 Å². The molecule has 42 heavy (non-hydrogen) atoms. The van der Waals surface area contributed by atoms with Crippen LogP contribution < -0.4 is 15.1 Å². The number of nitrogens with zero attached hydrogens (tertiary/aromatic N) is 2. The molecule has 1 unspecified atom stereocenters. The molecule has 4 aromatic carbocycles. The molecule has 0 fully saturated rings. The highest BCUT2D eigenvalue weighted by molar-refractivity contribution is 5.97. The predicted molar refractivity (Wildman–Crippen MR) is 184 cm³/mol. The number of aryl methyl sites for hydroxylation is 1. The van der Waals surface area contributed by atoms with Crippen LogP contribution in [0.4, 0.5) is 17.1 Å². The molecule has 224 valence electrons. The zero-order valence-electron chi connectivity index (χ0n) is 26.7. The first kappa shape index (κ1) is 31.4. The van der Waals surface area contributed by atoms with Crippen LogP contribution in [0.25, 0.3) is 10.8 Å². The second-order valence-corrected chi connectivity index (χ2v) is 11.0. The fourth-order valence-electron chi connectivity index (χ4n) is 6.25. The van der Waals surface area contributed by atoms with Crippen molar-refractivity contribution in [2.24, 2.45) is 0 Å². The van der Waals surface area contributed by atoms with Crippen LogP contribution in [0.3, 0.4) is 0 Å². The molecule has 0 amide bonds. The fraction of sp³-hybridized carbons (Fsp3) is 0.421. The maximum atomic E-state index is 5.31. The summed E-state index contributed by atoms with van der Waals surface area (Å²) in [6.07, 6.45) is 3.46. The number of methoxy groups -OCH3 is 1. The molecule has 1 N–H and O–H groups in total. The average Bonchev–Trinajstić information content (AvgIpc) is 3.03. The van der Waals surface area contributed by atoms with Gasteiger partial charge in [-0.05, 0) is 98.5 Å². The minimum absolute atomic E-state index is 0.131. The highest BCUT2D eigenvalue weighted by atomic mass is 16.5. The van der Waals surface area contributed by atoms with E-state index in [1.54, 1.807) is 7.11 Å². The Kier molecular flexibility index (Phi) is 11.7. The molecule has 0 aliphatic heterocycles. The lowest BCUT2D eigenvalue weighted by Crippen LogP contribution is -2.22. The number of hydrogen-bond donors (Lipinski definition) is 1. The highest BCUT2D eigenvalue weighted by Gasteiger charge is 2.23. The Morgan fingerprint density at radius 3 is 1.95 bits per heavy atom. The number of fused-ring (bicyclic) bond motifs is 1. The summed E-state index contributed by atoms with van der Waals surface area (Å²) in [5.74, 6) is 0.131. The zero-order valence-corrected chi connectivity index (χ0v) is 26.7. The molecule has 0 saturated carbocycles. The van der Waals surface area contributed by atoms with Gasteiger partial charge in [-0.25, -0.2) is 0 Å². The smallest absolute Gasteiger partial charge is 0.0635 e. The van der Waals surface area contributed by atoms with E-state index in [9.17, 15) is 0 Å². The van der Waals surface area contributed by atoms with E-state index >= 15 is 0 Å². The quantitative estimate of drug-likeness (QED) is 0.108. The third-order valence-corrected chi connectivity index (χ3v) is 8.61. The van der Waals surface area contributed by atoms with Crippen LogP contribution in [0.15, 0.2) is 78.9 Å². The van der Waals surface area contributed by atoms with Gasteiger partial charge in [-0.3, -0.25) is 0 Å². The summed E-state index contributed by atoms with van der Waals surface area (Å²) >= 11 is 0. The Hall–Kier alpha value is -3.50. The van der Waals surface area contributed by atoms with Crippen LogP contribution in [0, 0.1) is 0 Å². The van der Waals surface area contributed by atoms with Gasteiger partial charge in [-0.1, -0.05) is 61.9 Å². The van der Waals surface area contributed by atoms with E-state index in [-0.39, 0.29) is 5.92 Å². The topological polar surface area (TPSA) is 27.7 Å². The first-order valence-electron chi connectivity index (χ1n) is 16.1. The van der Waals surface area contributed by atoms with E-state index in [2.05, 4.69) is 129 Å². The lowest BCUT2D eigenvalue weighted by Gasteiger charge is -2.28. The van der Waals surface area contributed by atoms with Crippen LogP contribution in [0.1, 0.15) is 75.6 Å². The van der Waals surface area contributed by atoms with Crippen molar-refractivity contribution in [3.05, 3.63) is 101 Å². The van der Waals surface area contributed by atoms with Gasteiger partial charge in [-0.2, -0.15) is 0 Å². The van der Waals surface area contributed by atoms with Gasteiger partial charge in [0.05, 0.1) is 6.61 Å². The standard InChI is InChI=1S/C38H51N3O/c1-7-12-15-30-28-32(41(10-4)11-5)22-23-33(30)38(29-18-20-31(21-19-29)40(8-2)9-3)36-24-25-37(39-26-27-42-6)35-17-14-13-16-34(35)36/h13-14,16-25,28,38-39H,7-12,15,26-27H2,1-6H3. The molecule has 0 aromatic heterocycles. The molecule has 4 rings (SSSR count). The third kappa shape index (κ3) is 7.10. The van der Waals surface area contributed by atoms with Gasteiger partial charge in [0.25, 0.3) is 0 Å². The molecule has 0 bridgehead atoms. The minimum Gasteiger partial charge on any atom is -0.383 e. The summed E-state index contributed by atoms with van der Waals surface area (Å²) in [6, 6.07) is 30.1. The normalized spacial score (nSPS) is 12.0. The van der Waals surface area contributed by atoms with Crippen molar-refractivity contribution in [1.29, 1.82) is 0 Å². The molecule has 0 aliphatic rings. The number of benzene rings is 4. The summed E-state index contributed by atoms with van der Waals surface area (Å²) in [5, 5.41) is 6.16. The molecular weight excluding hydrogens is 514 g/mol. The average molecular weight is 566 g/mol. The van der Waals surface area contributed by atoms with Crippen molar-refractivity contribution >= 4 is 27.8 Å². The first-order valence-corrected chi connectivity index (χ1v) is 16.1. The van der Waals surface area contributed by atoms with Crippen LogP contribution in [-0.2, 0) is 11.2 Å². The zero-order chi connectivity index (χ0) is 29.9. The second-order valence-electron chi connectivity index (χ2n) is 11.0. The van der Waals surface area contributed by atoms with Gasteiger partial charge in [0.1, 0.15) is 0 Å². The minimum atomic E-state index is 0.131. The van der Waals surface area contributed by atoms with Crippen molar-refractivity contribution in [3.63, 3.8) is 0 Å². The summed E-state index contributed by atoms with van der Waals surface area (Å²) in [7, 11) is 1.75. The fourth-order valence-corrected chi connectivity index (χ4v) is 6.25. The number of rotatable bonds is 16. The second kappa shape index (κ2) is 15.7. The number of nitrogens with one attached hydrogen (secondary N) is 1. The molecular formula is C38H51N3O. The van der Waals surface area contributed by atoms with Crippen molar-refractivity contribution < 1.29 is 4.74 Å². The number of ether oxygens (including phenoxy) is 1. The summed E-state index contributed by atoms with van der Waals surface area (Å²) in [6.45, 7) is 16.8. The molecule has 4 aromatic rings. The lowest BCUT2D eigenvalue weighted by atomic mass is 9.79.